The number of aliphatic hydroxyl groups excluding tert-OH is 1. The van der Waals surface area contributed by atoms with Gasteiger partial charge in [0, 0.05) is 23.4 Å². The second-order valence-electron chi connectivity index (χ2n) is 9.16. The molecule has 2 aliphatic rings. The van der Waals surface area contributed by atoms with Gasteiger partial charge in [0.25, 0.3) is 5.91 Å². The lowest BCUT2D eigenvalue weighted by Gasteiger charge is -2.41. The molecule has 2 aromatic carbocycles. The van der Waals surface area contributed by atoms with Crippen molar-refractivity contribution in [2.45, 2.75) is 41.9 Å². The van der Waals surface area contributed by atoms with Gasteiger partial charge in [-0.25, -0.2) is 21.6 Å². The molecule has 6 nitrogen and oxygen atoms in total. The monoisotopic (exact) mass is 517 g/mol. The number of rotatable bonds is 5. The predicted molar refractivity (Wildman–Crippen MR) is 119 cm³/mol. The fourth-order valence-corrected chi connectivity index (χ4v) is 7.80. The zero-order valence-electron chi connectivity index (χ0n) is 18.1. The molecule has 1 amide bonds. The van der Waals surface area contributed by atoms with E-state index in [-0.39, 0.29) is 45.8 Å². The molecule has 0 radical (unpaired) electrons. The summed E-state index contributed by atoms with van der Waals surface area (Å²) in [6.07, 6.45) is 0.869. The number of fused-ring (bicyclic) bond motifs is 2. The largest absolute Gasteiger partial charge is 0.393 e. The Kier molecular flexibility index (Phi) is 6.48. The first-order valence-electron chi connectivity index (χ1n) is 10.7. The quantitative estimate of drug-likeness (QED) is 0.521. The van der Waals surface area contributed by atoms with Crippen molar-refractivity contribution in [3.05, 3.63) is 58.4 Å². The fourth-order valence-electron chi connectivity index (χ4n) is 5.42. The number of carbonyl (C=O) groups excluding carboxylic acids is 1. The number of hydrogen-bond acceptors (Lipinski definition) is 5. The van der Waals surface area contributed by atoms with Crippen LogP contribution in [-0.2, 0) is 9.84 Å². The van der Waals surface area contributed by atoms with E-state index in [9.17, 15) is 36.6 Å². The summed E-state index contributed by atoms with van der Waals surface area (Å²) in [5, 5.41) is 21.9. The van der Waals surface area contributed by atoms with E-state index in [1.165, 1.54) is 12.1 Å². The van der Waals surface area contributed by atoms with Crippen molar-refractivity contribution >= 4 is 33.0 Å². The molecule has 2 fully saturated rings. The number of hydrogen-bond donors (Lipinski definition) is 3. The van der Waals surface area contributed by atoms with E-state index in [1.54, 1.807) is 0 Å². The molecule has 34 heavy (non-hydrogen) atoms. The number of carbonyl (C=O) groups is 1. The van der Waals surface area contributed by atoms with Crippen molar-refractivity contribution in [2.24, 2.45) is 17.8 Å². The third-order valence-electron chi connectivity index (χ3n) is 7.19. The summed E-state index contributed by atoms with van der Waals surface area (Å²) < 4.78 is 67.0. The molecule has 0 spiro atoms. The predicted octanol–water partition coefficient (Wildman–Crippen LogP) is 3.94. The molecule has 11 heteroatoms. The van der Waals surface area contributed by atoms with Gasteiger partial charge in [-0.2, -0.15) is 0 Å². The van der Waals surface area contributed by atoms with E-state index in [2.05, 4.69) is 5.32 Å². The number of aliphatic hydroxyl groups is 2. The highest BCUT2D eigenvalue weighted by atomic mass is 35.5. The highest BCUT2D eigenvalue weighted by molar-refractivity contribution is 7.92. The Morgan fingerprint density at radius 3 is 2.38 bits per heavy atom. The van der Waals surface area contributed by atoms with Crippen LogP contribution < -0.4 is 5.32 Å². The van der Waals surface area contributed by atoms with Gasteiger partial charge in [0.05, 0.1) is 27.4 Å². The minimum absolute atomic E-state index is 0.0337. The third kappa shape index (κ3) is 4.10. The van der Waals surface area contributed by atoms with Crippen LogP contribution in [0.25, 0.3) is 0 Å². The van der Waals surface area contributed by atoms with Crippen molar-refractivity contribution in [3.63, 3.8) is 0 Å². The Bertz CT molecular complexity index is 1230. The van der Waals surface area contributed by atoms with Crippen molar-refractivity contribution in [2.75, 3.05) is 11.9 Å². The first kappa shape index (κ1) is 25.0. The average molecular weight is 518 g/mol. The fraction of sp³-hybridized carbons (Fsp3) is 0.435. The molecule has 2 aliphatic carbocycles. The molecule has 2 saturated carbocycles. The van der Waals surface area contributed by atoms with Gasteiger partial charge in [0.1, 0.15) is 0 Å². The highest BCUT2D eigenvalue weighted by Crippen LogP contribution is 2.54. The van der Waals surface area contributed by atoms with Crippen LogP contribution in [0.5, 0.6) is 0 Å². The molecule has 2 bridgehead atoms. The number of benzene rings is 2. The topological polar surface area (TPSA) is 104 Å². The summed E-state index contributed by atoms with van der Waals surface area (Å²) in [6, 6.07) is 4.78. The van der Waals surface area contributed by atoms with Crippen LogP contribution in [0.2, 0.25) is 5.02 Å². The van der Waals surface area contributed by atoms with E-state index in [1.807, 2.05) is 6.92 Å². The molecule has 0 aromatic heterocycles. The van der Waals surface area contributed by atoms with Crippen LogP contribution >= 0.6 is 11.6 Å². The lowest BCUT2D eigenvalue weighted by molar-refractivity contribution is -0.0985. The zero-order chi connectivity index (χ0) is 25.0. The number of anilines is 1. The van der Waals surface area contributed by atoms with E-state index >= 15 is 0 Å². The van der Waals surface area contributed by atoms with E-state index < -0.39 is 56.6 Å². The maximum Gasteiger partial charge on any atom is 0.255 e. The van der Waals surface area contributed by atoms with Crippen LogP contribution in [0.15, 0.2) is 35.2 Å². The summed E-state index contributed by atoms with van der Waals surface area (Å²) in [5.74, 6) is -6.28. The summed E-state index contributed by atoms with van der Waals surface area (Å²) in [5.41, 5.74) is -1.80. The summed E-state index contributed by atoms with van der Waals surface area (Å²) in [4.78, 5) is 12.3. The van der Waals surface area contributed by atoms with Gasteiger partial charge in [-0.1, -0.05) is 18.5 Å². The molecule has 184 valence electrons. The number of sulfone groups is 1. The van der Waals surface area contributed by atoms with E-state index in [0.29, 0.717) is 18.6 Å². The molecular weight excluding hydrogens is 495 g/mol. The summed E-state index contributed by atoms with van der Waals surface area (Å²) in [6.45, 7) is 1.47. The van der Waals surface area contributed by atoms with Gasteiger partial charge < -0.3 is 15.5 Å². The second-order valence-corrected chi connectivity index (χ2v) is 11.8. The van der Waals surface area contributed by atoms with E-state index in [4.69, 9.17) is 11.6 Å². The molecule has 3 N–H and O–H groups in total. The first-order chi connectivity index (χ1) is 15.9. The smallest absolute Gasteiger partial charge is 0.255 e. The van der Waals surface area contributed by atoms with Gasteiger partial charge >= 0.3 is 0 Å². The second kappa shape index (κ2) is 8.82. The summed E-state index contributed by atoms with van der Waals surface area (Å²) >= 11 is 6.18. The van der Waals surface area contributed by atoms with Crippen molar-refractivity contribution in [3.8, 4) is 0 Å². The van der Waals surface area contributed by atoms with Gasteiger partial charge in [0.15, 0.2) is 27.3 Å². The van der Waals surface area contributed by atoms with Crippen molar-refractivity contribution < 1.29 is 36.6 Å². The van der Waals surface area contributed by atoms with Crippen LogP contribution in [0.3, 0.4) is 0 Å². The average Bonchev–Trinajstić information content (AvgIpc) is 2.90. The molecule has 0 saturated heterocycles. The van der Waals surface area contributed by atoms with Crippen molar-refractivity contribution in [1.82, 2.24) is 0 Å². The number of amides is 1. The molecule has 4 rings (SSSR count). The molecule has 0 heterocycles. The number of nitrogens with one attached hydrogen (secondary N) is 1. The Labute approximate surface area is 199 Å². The summed E-state index contributed by atoms with van der Waals surface area (Å²) in [7, 11) is -4.02. The molecule has 2 unspecified atom stereocenters. The van der Waals surface area contributed by atoms with Crippen molar-refractivity contribution in [1.29, 1.82) is 0 Å². The van der Waals surface area contributed by atoms with Gasteiger partial charge in [-0.05, 0) is 55.2 Å². The van der Waals surface area contributed by atoms with Crippen LogP contribution in [-0.4, -0.2) is 42.0 Å². The first-order valence-corrected chi connectivity index (χ1v) is 12.6. The minimum atomic E-state index is -4.02. The van der Waals surface area contributed by atoms with Crippen LogP contribution in [0.1, 0.15) is 36.5 Å². The Balaban J connectivity index is 1.61. The lowest BCUT2D eigenvalue weighted by Crippen LogP contribution is -2.51. The highest BCUT2D eigenvalue weighted by Gasteiger charge is 2.58. The van der Waals surface area contributed by atoms with Gasteiger partial charge in [-0.15, -0.1) is 0 Å². The standard InChI is InChI=1S/C23H23ClF3NO5S/c1-11-4-13-6-15(9-16(11)23(13,31)10-29)34(32,33)20-5-12(2-3-17(20)24)22(30)28-14-7-18(25)21(27)19(26)8-14/h2-3,5,7-8,11,13,15-16,29,31H,4,6,9-10H2,1H3,(H,28,30)/t11-,13?,15-,16?,23-/m0/s1. The Morgan fingerprint density at radius 2 is 1.79 bits per heavy atom. The Hall–Kier alpha value is -2.14. The van der Waals surface area contributed by atoms with Crippen LogP contribution in [0, 0.1) is 35.2 Å². The minimum Gasteiger partial charge on any atom is -0.393 e. The zero-order valence-corrected chi connectivity index (χ0v) is 19.6. The maximum atomic E-state index is 13.5. The van der Waals surface area contributed by atoms with Gasteiger partial charge in [0.2, 0.25) is 0 Å². The third-order valence-corrected chi connectivity index (χ3v) is 9.85. The molecular formula is C23H23ClF3NO5S. The molecule has 2 aromatic rings. The SMILES string of the molecule is C[C@H]1CC2C[C@H](S(=O)(=O)c3cc(C(=O)Nc4cc(F)c(F)c(F)c4)ccc3Cl)CC1[C@]2(O)CO. The lowest BCUT2D eigenvalue weighted by atomic mass is 9.74. The maximum absolute atomic E-state index is 13.5. The molecule has 0 aliphatic heterocycles. The normalized spacial score (nSPS) is 28.7. The molecule has 5 atom stereocenters. The number of halogens is 4. The van der Waals surface area contributed by atoms with Crippen LogP contribution in [0.4, 0.5) is 18.9 Å². The van der Waals surface area contributed by atoms with Gasteiger partial charge in [-0.3, -0.25) is 4.79 Å². The van der Waals surface area contributed by atoms with E-state index in [0.717, 1.165) is 6.07 Å². The Morgan fingerprint density at radius 1 is 1.15 bits per heavy atom.